The number of tetrazole rings is 1. The molecule has 2 aliphatic rings. The average Bonchev–Trinajstić information content (AvgIpc) is 3.27. The molecule has 0 radical (unpaired) electrons. The summed E-state index contributed by atoms with van der Waals surface area (Å²) >= 11 is 0. The number of hydrogen-bond acceptors (Lipinski definition) is 7. The standard InChI is InChI=1S/C22H34N6O2/c1-29-17-16-28-22(23-24-25-28)21(18-8-10-20(30-2)11-9-18)27-14-12-26(13-15-27)19-6-4-3-5-7-19/h8-11,19,21H,3-7,12-17H2,1-2H3. The number of aromatic nitrogens is 4. The Morgan fingerprint density at radius 2 is 1.73 bits per heavy atom. The molecule has 0 N–H and O–H groups in total. The highest BCUT2D eigenvalue weighted by Crippen LogP contribution is 2.31. The molecule has 8 heteroatoms. The molecular weight excluding hydrogens is 380 g/mol. The summed E-state index contributed by atoms with van der Waals surface area (Å²) < 4.78 is 12.5. The largest absolute Gasteiger partial charge is 0.497 e. The Labute approximate surface area is 179 Å². The van der Waals surface area contributed by atoms with Crippen LogP contribution in [0.25, 0.3) is 0 Å². The van der Waals surface area contributed by atoms with Crippen LogP contribution >= 0.6 is 0 Å². The molecule has 30 heavy (non-hydrogen) atoms. The third-order valence-corrected chi connectivity index (χ3v) is 6.55. The quantitative estimate of drug-likeness (QED) is 0.657. The maximum atomic E-state index is 5.36. The highest BCUT2D eigenvalue weighted by Gasteiger charge is 2.32. The molecule has 1 aliphatic carbocycles. The smallest absolute Gasteiger partial charge is 0.173 e. The molecule has 0 spiro atoms. The zero-order valence-corrected chi connectivity index (χ0v) is 18.2. The van der Waals surface area contributed by atoms with E-state index in [4.69, 9.17) is 9.47 Å². The number of benzene rings is 1. The number of nitrogens with zero attached hydrogens (tertiary/aromatic N) is 6. The summed E-state index contributed by atoms with van der Waals surface area (Å²) in [6.07, 6.45) is 6.88. The molecule has 1 aromatic heterocycles. The fourth-order valence-corrected chi connectivity index (χ4v) is 4.86. The van der Waals surface area contributed by atoms with Crippen molar-refractivity contribution in [1.29, 1.82) is 0 Å². The lowest BCUT2D eigenvalue weighted by atomic mass is 9.93. The first kappa shape index (κ1) is 21.2. The number of hydrogen-bond donors (Lipinski definition) is 0. The zero-order valence-electron chi connectivity index (χ0n) is 18.2. The van der Waals surface area contributed by atoms with E-state index in [2.05, 4.69) is 37.5 Å². The molecule has 164 valence electrons. The van der Waals surface area contributed by atoms with Crippen LogP contribution in [0.4, 0.5) is 0 Å². The monoisotopic (exact) mass is 414 g/mol. The van der Waals surface area contributed by atoms with Gasteiger partial charge in [-0.1, -0.05) is 31.4 Å². The van der Waals surface area contributed by atoms with Gasteiger partial charge in [-0.25, -0.2) is 4.68 Å². The Kier molecular flexibility index (Phi) is 7.30. The Balaban J connectivity index is 1.54. The van der Waals surface area contributed by atoms with Gasteiger partial charge >= 0.3 is 0 Å². The van der Waals surface area contributed by atoms with E-state index in [1.807, 2.05) is 16.8 Å². The maximum absolute atomic E-state index is 5.36. The van der Waals surface area contributed by atoms with Crippen LogP contribution in [0.2, 0.25) is 0 Å². The molecule has 1 atom stereocenters. The minimum Gasteiger partial charge on any atom is -0.497 e. The molecule has 0 bridgehead atoms. The summed E-state index contributed by atoms with van der Waals surface area (Å²) in [4.78, 5) is 5.23. The van der Waals surface area contributed by atoms with Crippen molar-refractivity contribution < 1.29 is 9.47 Å². The lowest BCUT2D eigenvalue weighted by molar-refractivity contribution is 0.0615. The Morgan fingerprint density at radius 3 is 2.40 bits per heavy atom. The third kappa shape index (κ3) is 4.82. The highest BCUT2D eigenvalue weighted by molar-refractivity contribution is 5.32. The van der Waals surface area contributed by atoms with Gasteiger partial charge in [0.1, 0.15) is 5.75 Å². The molecule has 2 heterocycles. The van der Waals surface area contributed by atoms with Crippen LogP contribution in [0.5, 0.6) is 5.75 Å². The van der Waals surface area contributed by atoms with Crippen LogP contribution in [-0.4, -0.2) is 83.1 Å². The van der Waals surface area contributed by atoms with Crippen molar-refractivity contribution in [1.82, 2.24) is 30.0 Å². The third-order valence-electron chi connectivity index (χ3n) is 6.55. The maximum Gasteiger partial charge on any atom is 0.173 e. The molecule has 1 saturated carbocycles. The van der Waals surface area contributed by atoms with Crippen molar-refractivity contribution in [2.75, 3.05) is 47.0 Å². The van der Waals surface area contributed by atoms with Crippen LogP contribution in [0.15, 0.2) is 24.3 Å². The van der Waals surface area contributed by atoms with Crippen LogP contribution in [0.3, 0.4) is 0 Å². The van der Waals surface area contributed by atoms with Crippen molar-refractivity contribution in [3.63, 3.8) is 0 Å². The molecular formula is C22H34N6O2. The minimum absolute atomic E-state index is 0.0243. The van der Waals surface area contributed by atoms with Crippen molar-refractivity contribution in [3.05, 3.63) is 35.7 Å². The van der Waals surface area contributed by atoms with E-state index in [1.165, 1.54) is 37.7 Å². The van der Waals surface area contributed by atoms with E-state index in [0.717, 1.165) is 43.8 Å². The topological polar surface area (TPSA) is 68.5 Å². The average molecular weight is 415 g/mol. The van der Waals surface area contributed by atoms with Gasteiger partial charge in [-0.3, -0.25) is 9.80 Å². The van der Waals surface area contributed by atoms with Crippen LogP contribution in [0.1, 0.15) is 49.5 Å². The van der Waals surface area contributed by atoms with Gasteiger partial charge < -0.3 is 9.47 Å². The number of ether oxygens (including phenoxy) is 2. The number of rotatable bonds is 8. The van der Waals surface area contributed by atoms with E-state index >= 15 is 0 Å². The van der Waals surface area contributed by atoms with Gasteiger partial charge in [-0.15, -0.1) is 5.10 Å². The lowest BCUT2D eigenvalue weighted by Crippen LogP contribution is -2.52. The van der Waals surface area contributed by atoms with E-state index in [-0.39, 0.29) is 6.04 Å². The molecule has 2 fully saturated rings. The van der Waals surface area contributed by atoms with E-state index in [0.29, 0.717) is 13.2 Å². The fourth-order valence-electron chi connectivity index (χ4n) is 4.86. The second-order valence-corrected chi connectivity index (χ2v) is 8.29. The first-order valence-electron chi connectivity index (χ1n) is 11.2. The fraction of sp³-hybridized carbons (Fsp3) is 0.682. The van der Waals surface area contributed by atoms with Gasteiger partial charge in [0, 0.05) is 39.3 Å². The van der Waals surface area contributed by atoms with Crippen molar-refractivity contribution in [2.24, 2.45) is 0 Å². The van der Waals surface area contributed by atoms with Crippen LogP contribution < -0.4 is 4.74 Å². The molecule has 2 aromatic rings. The first-order chi connectivity index (χ1) is 14.8. The molecule has 4 rings (SSSR count). The first-order valence-corrected chi connectivity index (χ1v) is 11.2. The molecule has 1 unspecified atom stereocenters. The van der Waals surface area contributed by atoms with E-state index in [9.17, 15) is 0 Å². The number of methoxy groups -OCH3 is 2. The Morgan fingerprint density at radius 1 is 1.00 bits per heavy atom. The van der Waals surface area contributed by atoms with Crippen LogP contribution in [-0.2, 0) is 11.3 Å². The summed E-state index contributed by atoms with van der Waals surface area (Å²) in [5.74, 6) is 1.74. The lowest BCUT2D eigenvalue weighted by Gasteiger charge is -2.43. The van der Waals surface area contributed by atoms with Gasteiger partial charge in [0.15, 0.2) is 5.82 Å². The van der Waals surface area contributed by atoms with E-state index in [1.54, 1.807) is 14.2 Å². The normalized spacial score (nSPS) is 20.3. The van der Waals surface area contributed by atoms with Crippen molar-refractivity contribution in [3.8, 4) is 5.75 Å². The SMILES string of the molecule is COCCn1nnnc1C(c1ccc(OC)cc1)N1CCN(C2CCCCC2)CC1. The molecule has 8 nitrogen and oxygen atoms in total. The summed E-state index contributed by atoms with van der Waals surface area (Å²) in [5.41, 5.74) is 1.19. The molecule has 1 aliphatic heterocycles. The van der Waals surface area contributed by atoms with E-state index < -0.39 is 0 Å². The predicted molar refractivity (Wildman–Crippen MR) is 115 cm³/mol. The highest BCUT2D eigenvalue weighted by atomic mass is 16.5. The van der Waals surface area contributed by atoms with Crippen molar-refractivity contribution in [2.45, 2.75) is 50.7 Å². The van der Waals surface area contributed by atoms with Gasteiger partial charge in [-0.2, -0.15) is 0 Å². The minimum atomic E-state index is 0.0243. The predicted octanol–water partition coefficient (Wildman–Crippen LogP) is 2.37. The summed E-state index contributed by atoms with van der Waals surface area (Å²) in [7, 11) is 3.40. The molecule has 0 amide bonds. The second kappa shape index (κ2) is 10.3. The van der Waals surface area contributed by atoms with Crippen LogP contribution in [0, 0.1) is 0 Å². The van der Waals surface area contributed by atoms with Gasteiger partial charge in [0.25, 0.3) is 0 Å². The zero-order chi connectivity index (χ0) is 20.8. The molecule has 1 aromatic carbocycles. The Hall–Kier alpha value is -2.03. The number of piperazine rings is 1. The summed E-state index contributed by atoms with van der Waals surface area (Å²) in [5, 5.41) is 12.6. The second-order valence-electron chi connectivity index (χ2n) is 8.29. The van der Waals surface area contributed by atoms with Crippen molar-refractivity contribution >= 4 is 0 Å². The van der Waals surface area contributed by atoms with Gasteiger partial charge in [0.2, 0.25) is 0 Å². The summed E-state index contributed by atoms with van der Waals surface area (Å²) in [6, 6.07) is 9.09. The van der Waals surface area contributed by atoms with Gasteiger partial charge in [0.05, 0.1) is 26.3 Å². The van der Waals surface area contributed by atoms with Gasteiger partial charge in [-0.05, 0) is 41.0 Å². The Bertz CT molecular complexity index is 766. The molecule has 1 saturated heterocycles. The summed E-state index contributed by atoms with van der Waals surface area (Å²) in [6.45, 7) is 5.49.